The number of anilines is 1. The van der Waals surface area contributed by atoms with Crippen LogP contribution >= 0.6 is 22.6 Å². The highest BCUT2D eigenvalue weighted by atomic mass is 127. The number of hydrogen-bond acceptors (Lipinski definition) is 3. The maximum Gasteiger partial charge on any atom is 0.250 e. The molecule has 2 aromatic rings. The first-order valence-corrected chi connectivity index (χ1v) is 6.34. The van der Waals surface area contributed by atoms with Gasteiger partial charge in [-0.05, 0) is 46.4 Å². The van der Waals surface area contributed by atoms with Gasteiger partial charge in [0.05, 0.1) is 0 Å². The molecular weight excluding hydrogens is 341 g/mol. The van der Waals surface area contributed by atoms with E-state index in [0.29, 0.717) is 5.95 Å². The molecule has 1 N–H and O–H groups in total. The van der Waals surface area contributed by atoms with Gasteiger partial charge >= 0.3 is 0 Å². The molecule has 0 bridgehead atoms. The number of halogens is 1. The molecule has 0 fully saturated rings. The second-order valence-electron chi connectivity index (χ2n) is 3.42. The number of carbonyl (C=O) groups excluding carboxylic acids is 1. The minimum atomic E-state index is -0.249. The predicted molar refractivity (Wildman–Crippen MR) is 78.9 cm³/mol. The fraction of sp³-hybridized carbons (Fsp3) is 0. The zero-order valence-electron chi connectivity index (χ0n) is 9.38. The van der Waals surface area contributed by atoms with E-state index in [1.54, 1.807) is 24.5 Å². The average molecular weight is 351 g/mol. The molecule has 0 radical (unpaired) electrons. The van der Waals surface area contributed by atoms with Crippen LogP contribution < -0.4 is 5.32 Å². The van der Waals surface area contributed by atoms with Crippen LogP contribution in [0.15, 0.2) is 48.8 Å². The third-order valence-electron chi connectivity index (χ3n) is 2.12. The number of nitrogens with zero attached hydrogens (tertiary/aromatic N) is 2. The summed E-state index contributed by atoms with van der Waals surface area (Å²) in [6.45, 7) is 0. The Morgan fingerprint density at radius 3 is 2.61 bits per heavy atom. The van der Waals surface area contributed by atoms with Crippen molar-refractivity contribution in [1.82, 2.24) is 9.97 Å². The van der Waals surface area contributed by atoms with Gasteiger partial charge in [-0.2, -0.15) is 0 Å². The molecule has 18 heavy (non-hydrogen) atoms. The van der Waals surface area contributed by atoms with Crippen molar-refractivity contribution >= 4 is 40.5 Å². The summed E-state index contributed by atoms with van der Waals surface area (Å²) in [6.07, 6.45) is 6.38. The number of rotatable bonds is 3. The fourth-order valence-corrected chi connectivity index (χ4v) is 1.86. The maximum atomic E-state index is 11.6. The summed E-state index contributed by atoms with van der Waals surface area (Å²) in [5.41, 5.74) is 1.00. The van der Waals surface area contributed by atoms with Crippen molar-refractivity contribution in [2.75, 3.05) is 5.32 Å². The van der Waals surface area contributed by atoms with Crippen LogP contribution in [0, 0.1) is 3.57 Å². The van der Waals surface area contributed by atoms with Gasteiger partial charge in [-0.15, -0.1) is 0 Å². The first kappa shape index (κ1) is 12.7. The maximum absolute atomic E-state index is 11.6. The second-order valence-corrected chi connectivity index (χ2v) is 4.58. The number of nitrogens with one attached hydrogen (secondary N) is 1. The van der Waals surface area contributed by atoms with E-state index in [1.807, 2.05) is 24.3 Å². The van der Waals surface area contributed by atoms with Gasteiger partial charge in [0.1, 0.15) is 0 Å². The van der Waals surface area contributed by atoms with E-state index < -0.39 is 0 Å². The smallest absolute Gasteiger partial charge is 0.250 e. The molecule has 5 heteroatoms. The number of aromatic nitrogens is 2. The zero-order chi connectivity index (χ0) is 12.8. The van der Waals surface area contributed by atoms with Crippen molar-refractivity contribution in [3.63, 3.8) is 0 Å². The Balaban J connectivity index is 2.02. The van der Waals surface area contributed by atoms with Crippen LogP contribution in [-0.4, -0.2) is 15.9 Å². The highest BCUT2D eigenvalue weighted by Gasteiger charge is 1.99. The van der Waals surface area contributed by atoms with Crippen molar-refractivity contribution in [3.05, 3.63) is 57.9 Å². The van der Waals surface area contributed by atoms with E-state index in [0.717, 1.165) is 9.13 Å². The standard InChI is InChI=1S/C13H10IN3O/c14-11-5-2-1-4-10(11)6-7-12(18)17-13-15-8-3-9-16-13/h1-9H,(H,15,16,17,18)/b7-6+. The first-order chi connectivity index (χ1) is 8.75. The molecule has 0 aliphatic carbocycles. The Hall–Kier alpha value is -1.76. The van der Waals surface area contributed by atoms with Crippen LogP contribution in [0.4, 0.5) is 5.95 Å². The van der Waals surface area contributed by atoms with E-state index in [9.17, 15) is 4.79 Å². The summed E-state index contributed by atoms with van der Waals surface area (Å²) in [7, 11) is 0. The van der Waals surface area contributed by atoms with Crippen LogP contribution in [0.2, 0.25) is 0 Å². The topological polar surface area (TPSA) is 54.9 Å². The van der Waals surface area contributed by atoms with Gasteiger partial charge < -0.3 is 0 Å². The number of amides is 1. The van der Waals surface area contributed by atoms with E-state index >= 15 is 0 Å². The molecule has 2 rings (SSSR count). The summed E-state index contributed by atoms with van der Waals surface area (Å²) < 4.78 is 1.09. The minimum Gasteiger partial charge on any atom is -0.291 e. The Kier molecular flexibility index (Phi) is 4.40. The lowest BCUT2D eigenvalue weighted by Gasteiger charge is -1.99. The molecule has 0 spiro atoms. The third kappa shape index (κ3) is 3.63. The van der Waals surface area contributed by atoms with Gasteiger partial charge in [0, 0.05) is 22.0 Å². The minimum absolute atomic E-state index is 0.249. The van der Waals surface area contributed by atoms with Gasteiger partial charge in [-0.25, -0.2) is 9.97 Å². The lowest BCUT2D eigenvalue weighted by atomic mass is 10.2. The first-order valence-electron chi connectivity index (χ1n) is 5.26. The lowest BCUT2D eigenvalue weighted by molar-refractivity contribution is -0.111. The van der Waals surface area contributed by atoms with Gasteiger partial charge in [0.2, 0.25) is 5.95 Å². The van der Waals surface area contributed by atoms with Crippen LogP contribution in [0.3, 0.4) is 0 Å². The average Bonchev–Trinajstić information content (AvgIpc) is 2.39. The molecule has 0 aliphatic heterocycles. The van der Waals surface area contributed by atoms with Gasteiger partial charge in [-0.1, -0.05) is 18.2 Å². The molecule has 0 unspecified atom stereocenters. The Labute approximate surface area is 118 Å². The summed E-state index contributed by atoms with van der Waals surface area (Å²) in [6, 6.07) is 9.51. The highest BCUT2D eigenvalue weighted by molar-refractivity contribution is 14.1. The van der Waals surface area contributed by atoms with E-state index in [-0.39, 0.29) is 5.91 Å². The largest absolute Gasteiger partial charge is 0.291 e. The van der Waals surface area contributed by atoms with Crippen LogP contribution in [0.25, 0.3) is 6.08 Å². The lowest BCUT2D eigenvalue weighted by Crippen LogP contribution is -2.10. The van der Waals surface area contributed by atoms with E-state index in [4.69, 9.17) is 0 Å². The normalized spacial score (nSPS) is 10.5. The SMILES string of the molecule is O=C(/C=C/c1ccccc1I)Nc1ncccn1. The Morgan fingerprint density at radius 2 is 1.89 bits per heavy atom. The number of hydrogen-bond donors (Lipinski definition) is 1. The summed E-state index contributed by atoms with van der Waals surface area (Å²) in [4.78, 5) is 19.4. The molecule has 1 aromatic carbocycles. The Bertz CT molecular complexity index is 569. The summed E-state index contributed by atoms with van der Waals surface area (Å²) >= 11 is 2.22. The quantitative estimate of drug-likeness (QED) is 0.684. The van der Waals surface area contributed by atoms with E-state index in [1.165, 1.54) is 6.08 Å². The molecule has 90 valence electrons. The summed E-state index contributed by atoms with van der Waals surface area (Å²) in [5.74, 6) is 0.0516. The molecule has 1 heterocycles. The van der Waals surface area contributed by atoms with Crippen molar-refractivity contribution in [2.45, 2.75) is 0 Å². The Morgan fingerprint density at radius 1 is 1.17 bits per heavy atom. The zero-order valence-corrected chi connectivity index (χ0v) is 11.5. The summed E-state index contributed by atoms with van der Waals surface area (Å²) in [5, 5.41) is 2.58. The number of benzene rings is 1. The highest BCUT2D eigenvalue weighted by Crippen LogP contribution is 2.12. The number of carbonyl (C=O) groups is 1. The molecule has 0 aliphatic rings. The molecule has 4 nitrogen and oxygen atoms in total. The van der Waals surface area contributed by atoms with Gasteiger partial charge in [0.15, 0.2) is 0 Å². The molecule has 0 saturated heterocycles. The van der Waals surface area contributed by atoms with Crippen molar-refractivity contribution in [3.8, 4) is 0 Å². The molecule has 1 amide bonds. The predicted octanol–water partition coefficient (Wildman–Crippen LogP) is 2.73. The van der Waals surface area contributed by atoms with Crippen LogP contribution in [0.1, 0.15) is 5.56 Å². The van der Waals surface area contributed by atoms with Crippen molar-refractivity contribution in [2.24, 2.45) is 0 Å². The second kappa shape index (κ2) is 6.25. The third-order valence-corrected chi connectivity index (χ3v) is 3.10. The molecule has 0 atom stereocenters. The monoisotopic (exact) mass is 351 g/mol. The van der Waals surface area contributed by atoms with Crippen molar-refractivity contribution in [1.29, 1.82) is 0 Å². The van der Waals surface area contributed by atoms with Crippen molar-refractivity contribution < 1.29 is 4.79 Å². The van der Waals surface area contributed by atoms with Crippen LogP contribution in [0.5, 0.6) is 0 Å². The molecule has 1 aromatic heterocycles. The van der Waals surface area contributed by atoms with Gasteiger partial charge in [0.25, 0.3) is 5.91 Å². The molecule has 0 saturated carbocycles. The van der Waals surface area contributed by atoms with E-state index in [2.05, 4.69) is 37.9 Å². The molecular formula is C13H10IN3O. The fourth-order valence-electron chi connectivity index (χ4n) is 1.29. The van der Waals surface area contributed by atoms with Gasteiger partial charge in [-0.3, -0.25) is 10.1 Å². The van der Waals surface area contributed by atoms with Crippen LogP contribution in [-0.2, 0) is 4.79 Å².